The van der Waals surface area contributed by atoms with Gasteiger partial charge in [-0.05, 0) is 64.2 Å². The molecule has 0 aliphatic carbocycles. The van der Waals surface area contributed by atoms with Gasteiger partial charge in [0.2, 0.25) is 0 Å². The Labute approximate surface area is 359 Å². The van der Waals surface area contributed by atoms with Gasteiger partial charge >= 0.3 is 17.9 Å². The standard InChI is InChI=1S/C52H94O6/c1-4-7-10-13-16-19-22-24-25-26-28-30-33-36-39-42-45-51(54)57-48-49(47-56-50(53)44-41-38-35-32-29-21-18-15-12-9-6-3)58-52(55)46-43-40-37-34-31-27-23-20-17-14-11-8-5-2/h15,18,21,27,29,31,49H,4-14,16-17,19-20,22-26,28,30,32-48H2,1-3H3/b18-15-,29-21-,31-27-. The van der Waals surface area contributed by atoms with Crippen molar-refractivity contribution in [2.45, 2.75) is 264 Å². The van der Waals surface area contributed by atoms with E-state index in [0.29, 0.717) is 19.3 Å². The van der Waals surface area contributed by atoms with Gasteiger partial charge in [-0.15, -0.1) is 0 Å². The van der Waals surface area contributed by atoms with Crippen LogP contribution < -0.4 is 0 Å². The molecule has 0 saturated carbocycles. The molecule has 6 heteroatoms. The highest BCUT2D eigenvalue weighted by Crippen LogP contribution is 2.15. The zero-order chi connectivity index (χ0) is 42.3. The molecule has 0 saturated heterocycles. The van der Waals surface area contributed by atoms with Crippen LogP contribution in [0.4, 0.5) is 0 Å². The van der Waals surface area contributed by atoms with Crippen LogP contribution in [0.3, 0.4) is 0 Å². The fourth-order valence-electron chi connectivity index (χ4n) is 7.06. The van der Waals surface area contributed by atoms with Gasteiger partial charge in [0.15, 0.2) is 6.10 Å². The van der Waals surface area contributed by atoms with Crippen molar-refractivity contribution in [3.63, 3.8) is 0 Å². The van der Waals surface area contributed by atoms with Gasteiger partial charge in [-0.25, -0.2) is 0 Å². The molecule has 0 radical (unpaired) electrons. The third-order valence-electron chi connectivity index (χ3n) is 10.9. The summed E-state index contributed by atoms with van der Waals surface area (Å²) in [5.41, 5.74) is 0. The number of allylic oxidation sites excluding steroid dienone is 6. The molecule has 0 N–H and O–H groups in total. The van der Waals surface area contributed by atoms with E-state index in [0.717, 1.165) is 83.5 Å². The number of rotatable bonds is 45. The van der Waals surface area contributed by atoms with Crippen molar-refractivity contribution in [3.05, 3.63) is 36.5 Å². The Balaban J connectivity index is 4.37. The van der Waals surface area contributed by atoms with E-state index in [-0.39, 0.29) is 31.1 Å². The molecule has 0 amide bonds. The Morgan fingerprint density at radius 1 is 0.345 bits per heavy atom. The molecular formula is C52H94O6. The SMILES string of the molecule is CCCC/C=C\C=C/CCCCCC(=O)OCC(COC(=O)CCCCCCCCCCCCCCCCCC)OC(=O)CCCCC/C=C\CCCCCCCC. The zero-order valence-corrected chi connectivity index (χ0v) is 38.6. The molecule has 0 rings (SSSR count). The molecule has 0 aromatic carbocycles. The number of carbonyl (C=O) groups excluding carboxylic acids is 3. The lowest BCUT2D eigenvalue weighted by molar-refractivity contribution is -0.167. The molecule has 338 valence electrons. The van der Waals surface area contributed by atoms with Crippen molar-refractivity contribution < 1.29 is 28.6 Å². The van der Waals surface area contributed by atoms with E-state index < -0.39 is 6.10 Å². The normalized spacial score (nSPS) is 12.3. The number of hydrogen-bond donors (Lipinski definition) is 0. The van der Waals surface area contributed by atoms with Crippen LogP contribution >= 0.6 is 0 Å². The summed E-state index contributed by atoms with van der Waals surface area (Å²) in [6.07, 6.45) is 54.2. The Hall–Kier alpha value is -2.37. The lowest BCUT2D eigenvalue weighted by Gasteiger charge is -2.18. The molecule has 0 heterocycles. The maximum Gasteiger partial charge on any atom is 0.306 e. The van der Waals surface area contributed by atoms with Crippen LogP contribution in [-0.4, -0.2) is 37.2 Å². The first-order chi connectivity index (χ1) is 28.5. The number of unbranched alkanes of at least 4 members (excludes halogenated alkanes) is 29. The monoisotopic (exact) mass is 815 g/mol. The number of esters is 3. The Morgan fingerprint density at radius 2 is 0.638 bits per heavy atom. The first-order valence-corrected chi connectivity index (χ1v) is 25.0. The van der Waals surface area contributed by atoms with Crippen molar-refractivity contribution >= 4 is 17.9 Å². The van der Waals surface area contributed by atoms with Gasteiger partial charge in [0.25, 0.3) is 0 Å². The van der Waals surface area contributed by atoms with Crippen LogP contribution in [-0.2, 0) is 28.6 Å². The molecule has 0 aromatic rings. The van der Waals surface area contributed by atoms with Gasteiger partial charge in [-0.3, -0.25) is 14.4 Å². The average molecular weight is 815 g/mol. The van der Waals surface area contributed by atoms with Crippen molar-refractivity contribution in [1.29, 1.82) is 0 Å². The van der Waals surface area contributed by atoms with E-state index in [4.69, 9.17) is 14.2 Å². The van der Waals surface area contributed by atoms with Gasteiger partial charge in [0, 0.05) is 19.3 Å². The fourth-order valence-corrected chi connectivity index (χ4v) is 7.06. The highest BCUT2D eigenvalue weighted by molar-refractivity contribution is 5.71. The molecule has 6 nitrogen and oxygen atoms in total. The minimum Gasteiger partial charge on any atom is -0.462 e. The minimum atomic E-state index is -0.786. The first kappa shape index (κ1) is 55.6. The molecule has 0 aromatic heterocycles. The maximum absolute atomic E-state index is 12.7. The molecule has 1 atom stereocenters. The second-order valence-electron chi connectivity index (χ2n) is 16.8. The predicted octanol–water partition coefficient (Wildman–Crippen LogP) is 16.1. The van der Waals surface area contributed by atoms with Crippen molar-refractivity contribution in [1.82, 2.24) is 0 Å². The molecule has 0 spiro atoms. The van der Waals surface area contributed by atoms with Crippen LogP contribution in [0.25, 0.3) is 0 Å². The summed E-state index contributed by atoms with van der Waals surface area (Å²) in [7, 11) is 0. The summed E-state index contributed by atoms with van der Waals surface area (Å²) in [5.74, 6) is -0.922. The van der Waals surface area contributed by atoms with Crippen molar-refractivity contribution in [2.24, 2.45) is 0 Å². The summed E-state index contributed by atoms with van der Waals surface area (Å²) in [6.45, 7) is 6.55. The molecule has 0 aliphatic heterocycles. The Bertz CT molecular complexity index is 984. The van der Waals surface area contributed by atoms with Crippen LogP contribution in [0.15, 0.2) is 36.5 Å². The molecule has 0 bridgehead atoms. The lowest BCUT2D eigenvalue weighted by Crippen LogP contribution is -2.30. The van der Waals surface area contributed by atoms with Crippen LogP contribution in [0.1, 0.15) is 258 Å². The molecule has 0 fully saturated rings. The van der Waals surface area contributed by atoms with Gasteiger partial charge in [0.1, 0.15) is 13.2 Å². The second-order valence-corrected chi connectivity index (χ2v) is 16.8. The first-order valence-electron chi connectivity index (χ1n) is 25.0. The third-order valence-corrected chi connectivity index (χ3v) is 10.9. The average Bonchev–Trinajstić information content (AvgIpc) is 3.22. The van der Waals surface area contributed by atoms with E-state index in [1.165, 1.54) is 135 Å². The number of ether oxygens (including phenoxy) is 3. The van der Waals surface area contributed by atoms with Crippen LogP contribution in [0.2, 0.25) is 0 Å². The van der Waals surface area contributed by atoms with Gasteiger partial charge < -0.3 is 14.2 Å². The summed E-state index contributed by atoms with van der Waals surface area (Å²) in [5, 5.41) is 0. The summed E-state index contributed by atoms with van der Waals surface area (Å²) < 4.78 is 16.7. The summed E-state index contributed by atoms with van der Waals surface area (Å²) in [4.78, 5) is 37.8. The van der Waals surface area contributed by atoms with Gasteiger partial charge in [-0.1, -0.05) is 211 Å². The smallest absolute Gasteiger partial charge is 0.306 e. The highest BCUT2D eigenvalue weighted by atomic mass is 16.6. The highest BCUT2D eigenvalue weighted by Gasteiger charge is 2.19. The quantitative estimate of drug-likeness (QED) is 0.0200. The summed E-state index contributed by atoms with van der Waals surface area (Å²) in [6, 6.07) is 0. The van der Waals surface area contributed by atoms with Crippen LogP contribution in [0, 0.1) is 0 Å². The van der Waals surface area contributed by atoms with E-state index >= 15 is 0 Å². The zero-order valence-electron chi connectivity index (χ0n) is 38.6. The van der Waals surface area contributed by atoms with Gasteiger partial charge in [-0.2, -0.15) is 0 Å². The molecular weight excluding hydrogens is 721 g/mol. The van der Waals surface area contributed by atoms with Crippen LogP contribution in [0.5, 0.6) is 0 Å². The maximum atomic E-state index is 12.7. The third kappa shape index (κ3) is 44.7. The van der Waals surface area contributed by atoms with E-state index in [1.54, 1.807) is 0 Å². The van der Waals surface area contributed by atoms with E-state index in [2.05, 4.69) is 57.2 Å². The van der Waals surface area contributed by atoms with E-state index in [9.17, 15) is 14.4 Å². The Kier molecular flexibility index (Phi) is 45.4. The predicted molar refractivity (Wildman–Crippen MR) is 247 cm³/mol. The molecule has 1 unspecified atom stereocenters. The summed E-state index contributed by atoms with van der Waals surface area (Å²) >= 11 is 0. The molecule has 0 aliphatic rings. The van der Waals surface area contributed by atoms with Gasteiger partial charge in [0.05, 0.1) is 0 Å². The second kappa shape index (κ2) is 47.3. The number of carbonyl (C=O) groups is 3. The van der Waals surface area contributed by atoms with Crippen molar-refractivity contribution in [3.8, 4) is 0 Å². The minimum absolute atomic E-state index is 0.0840. The largest absolute Gasteiger partial charge is 0.462 e. The van der Waals surface area contributed by atoms with Crippen molar-refractivity contribution in [2.75, 3.05) is 13.2 Å². The lowest BCUT2D eigenvalue weighted by atomic mass is 10.0. The Morgan fingerprint density at radius 3 is 1.03 bits per heavy atom. The topological polar surface area (TPSA) is 78.9 Å². The van der Waals surface area contributed by atoms with E-state index in [1.807, 2.05) is 0 Å². The fraction of sp³-hybridized carbons (Fsp3) is 0.827. The number of hydrogen-bond acceptors (Lipinski definition) is 6. The molecule has 58 heavy (non-hydrogen) atoms.